The predicted octanol–water partition coefficient (Wildman–Crippen LogP) is -0.675. The molecule has 0 atom stereocenters. The number of nitrogens with zero attached hydrogens (tertiary/aromatic N) is 4. The molecule has 0 saturated carbocycles. The SMILES string of the molecule is COC=O.N#CCCN(N)/C(CCCNC(=O)c1ccc(N)cn1)=N\N. The first-order valence-electron chi connectivity index (χ1n) is 7.62. The molecule has 0 spiro atoms. The van der Waals surface area contributed by atoms with Crippen LogP contribution in [0.25, 0.3) is 0 Å². The molecule has 0 aliphatic heterocycles. The quantitative estimate of drug-likeness (QED) is 0.116. The second kappa shape index (κ2) is 14.0. The van der Waals surface area contributed by atoms with Crippen LogP contribution in [0.2, 0.25) is 0 Å². The molecule has 0 saturated heterocycles. The highest BCUT2D eigenvalue weighted by Crippen LogP contribution is 2.01. The van der Waals surface area contributed by atoms with Crippen molar-refractivity contribution in [3.63, 3.8) is 0 Å². The highest BCUT2D eigenvalue weighted by Gasteiger charge is 2.09. The molecule has 0 radical (unpaired) electrons. The average molecular weight is 364 g/mol. The van der Waals surface area contributed by atoms with E-state index in [1.54, 1.807) is 12.1 Å². The minimum Gasteiger partial charge on any atom is -0.471 e. The number of pyridine rings is 1. The summed E-state index contributed by atoms with van der Waals surface area (Å²) < 4.78 is 3.86. The summed E-state index contributed by atoms with van der Waals surface area (Å²) in [4.78, 5) is 24.7. The van der Waals surface area contributed by atoms with Gasteiger partial charge in [-0.3, -0.25) is 14.6 Å². The number of anilines is 1. The van der Waals surface area contributed by atoms with Crippen LogP contribution in [0.15, 0.2) is 23.4 Å². The number of hydrazone groups is 1. The van der Waals surface area contributed by atoms with Crippen molar-refractivity contribution in [2.45, 2.75) is 19.3 Å². The fraction of sp³-hybridized carbons (Fsp3) is 0.400. The summed E-state index contributed by atoms with van der Waals surface area (Å²) in [6, 6.07) is 5.16. The molecule has 1 amide bonds. The third-order valence-corrected chi connectivity index (χ3v) is 2.92. The first-order valence-corrected chi connectivity index (χ1v) is 7.62. The van der Waals surface area contributed by atoms with Gasteiger partial charge in [-0.1, -0.05) is 0 Å². The van der Waals surface area contributed by atoms with Gasteiger partial charge in [0.25, 0.3) is 12.4 Å². The van der Waals surface area contributed by atoms with E-state index in [-0.39, 0.29) is 12.3 Å². The number of hydrazine groups is 1. The zero-order valence-electron chi connectivity index (χ0n) is 14.6. The Bertz CT molecular complexity index is 612. The normalized spacial score (nSPS) is 9.96. The van der Waals surface area contributed by atoms with E-state index in [1.807, 2.05) is 6.07 Å². The third-order valence-electron chi connectivity index (χ3n) is 2.92. The van der Waals surface area contributed by atoms with Gasteiger partial charge in [-0.25, -0.2) is 10.8 Å². The van der Waals surface area contributed by atoms with Crippen molar-refractivity contribution in [3.05, 3.63) is 24.0 Å². The van der Waals surface area contributed by atoms with Crippen LogP contribution in [0.5, 0.6) is 0 Å². The smallest absolute Gasteiger partial charge is 0.292 e. The Morgan fingerprint density at radius 3 is 2.73 bits per heavy atom. The number of carbonyl (C=O) groups excluding carboxylic acids is 2. The molecule has 1 aromatic rings. The molecular weight excluding hydrogens is 340 g/mol. The summed E-state index contributed by atoms with van der Waals surface area (Å²) in [6.45, 7) is 1.16. The molecule has 1 heterocycles. The number of nitrogen functional groups attached to an aromatic ring is 1. The van der Waals surface area contributed by atoms with Crippen molar-refractivity contribution in [3.8, 4) is 6.07 Å². The van der Waals surface area contributed by atoms with Gasteiger partial charge in [0.05, 0.1) is 31.5 Å². The van der Waals surface area contributed by atoms with Crippen molar-refractivity contribution in [2.24, 2.45) is 16.8 Å². The van der Waals surface area contributed by atoms with E-state index >= 15 is 0 Å². The Morgan fingerprint density at radius 1 is 1.54 bits per heavy atom. The molecule has 0 unspecified atom stereocenters. The van der Waals surface area contributed by atoms with Crippen LogP contribution in [-0.4, -0.2) is 48.4 Å². The second-order valence-corrected chi connectivity index (χ2v) is 4.81. The van der Waals surface area contributed by atoms with Crippen LogP contribution in [0.4, 0.5) is 5.69 Å². The Hall–Kier alpha value is -3.39. The molecule has 11 heteroatoms. The lowest BCUT2D eigenvalue weighted by molar-refractivity contribution is -0.126. The molecule has 0 bridgehead atoms. The first kappa shape index (κ1) is 22.6. The molecule has 0 aliphatic carbocycles. The Labute approximate surface area is 151 Å². The lowest BCUT2D eigenvalue weighted by Gasteiger charge is -2.18. The third kappa shape index (κ3) is 9.68. The van der Waals surface area contributed by atoms with E-state index in [9.17, 15) is 4.79 Å². The van der Waals surface area contributed by atoms with Crippen molar-refractivity contribution in [1.82, 2.24) is 15.3 Å². The van der Waals surface area contributed by atoms with E-state index in [4.69, 9.17) is 27.5 Å². The number of nitrogens with one attached hydrogen (secondary N) is 1. The molecule has 7 N–H and O–H groups in total. The van der Waals surface area contributed by atoms with E-state index in [2.05, 4.69) is 20.1 Å². The number of hydrogen-bond donors (Lipinski definition) is 4. The lowest BCUT2D eigenvalue weighted by Crippen LogP contribution is -2.39. The minimum absolute atomic E-state index is 0.277. The van der Waals surface area contributed by atoms with Gasteiger partial charge in [0.15, 0.2) is 0 Å². The fourth-order valence-electron chi connectivity index (χ4n) is 1.66. The van der Waals surface area contributed by atoms with Crippen molar-refractivity contribution >= 4 is 23.9 Å². The van der Waals surface area contributed by atoms with Crippen LogP contribution in [-0.2, 0) is 9.53 Å². The zero-order chi connectivity index (χ0) is 19.8. The number of amidine groups is 1. The largest absolute Gasteiger partial charge is 0.471 e. The van der Waals surface area contributed by atoms with Gasteiger partial charge in [-0.2, -0.15) is 10.4 Å². The molecule has 0 aromatic carbocycles. The summed E-state index contributed by atoms with van der Waals surface area (Å²) in [5.74, 6) is 11.2. The topological polar surface area (TPSA) is 186 Å². The number of rotatable bonds is 8. The Balaban J connectivity index is 0.00000141. The number of hydrogen-bond acceptors (Lipinski definition) is 9. The molecule has 1 aromatic heterocycles. The van der Waals surface area contributed by atoms with Crippen LogP contribution < -0.4 is 22.7 Å². The zero-order valence-corrected chi connectivity index (χ0v) is 14.6. The van der Waals surface area contributed by atoms with Crippen molar-refractivity contribution in [2.75, 3.05) is 25.9 Å². The van der Waals surface area contributed by atoms with E-state index in [1.165, 1.54) is 18.3 Å². The number of nitriles is 1. The van der Waals surface area contributed by atoms with Gasteiger partial charge in [0.2, 0.25) is 0 Å². The number of ether oxygens (including phenoxy) is 1. The standard InChI is InChI=1S/C13H20N8O.C2H4O2/c14-6-2-8-21(17)12(20-16)3-1-7-18-13(22)11-5-4-10(15)9-19-11;1-4-2-3/h4-5,9H,1-3,7-8,15-17H2,(H,18,22);2H,1H3/b20-12-;. The maximum atomic E-state index is 11.8. The number of carbonyl (C=O) groups is 2. The van der Waals surface area contributed by atoms with Crippen molar-refractivity contribution in [1.29, 1.82) is 5.26 Å². The molecule has 142 valence electrons. The summed E-state index contributed by atoms with van der Waals surface area (Å²) in [7, 11) is 1.31. The average Bonchev–Trinajstić information content (AvgIpc) is 2.66. The number of aromatic nitrogens is 1. The minimum atomic E-state index is -0.277. The van der Waals surface area contributed by atoms with Gasteiger partial charge >= 0.3 is 0 Å². The molecule has 0 aliphatic rings. The van der Waals surface area contributed by atoms with E-state index < -0.39 is 0 Å². The molecule has 11 nitrogen and oxygen atoms in total. The Morgan fingerprint density at radius 2 is 2.23 bits per heavy atom. The van der Waals surface area contributed by atoms with Crippen LogP contribution in [0.3, 0.4) is 0 Å². The second-order valence-electron chi connectivity index (χ2n) is 4.81. The molecule has 1 rings (SSSR count). The van der Waals surface area contributed by atoms with Crippen LogP contribution in [0.1, 0.15) is 29.8 Å². The highest BCUT2D eigenvalue weighted by atomic mass is 16.5. The summed E-state index contributed by atoms with van der Waals surface area (Å²) in [6.07, 6.45) is 2.82. The summed E-state index contributed by atoms with van der Waals surface area (Å²) in [5.41, 5.74) is 6.31. The Kier molecular flexibility index (Phi) is 12.2. The van der Waals surface area contributed by atoms with Crippen LogP contribution in [0, 0.1) is 11.3 Å². The maximum absolute atomic E-state index is 11.8. The van der Waals surface area contributed by atoms with Gasteiger partial charge in [0, 0.05) is 19.5 Å². The number of amides is 1. The van der Waals surface area contributed by atoms with E-state index in [0.717, 1.165) is 0 Å². The predicted molar refractivity (Wildman–Crippen MR) is 96.0 cm³/mol. The van der Waals surface area contributed by atoms with E-state index in [0.29, 0.717) is 49.6 Å². The molecule has 26 heavy (non-hydrogen) atoms. The van der Waals surface area contributed by atoms with Gasteiger partial charge in [-0.05, 0) is 18.6 Å². The summed E-state index contributed by atoms with van der Waals surface area (Å²) >= 11 is 0. The lowest BCUT2D eigenvalue weighted by atomic mass is 10.2. The van der Waals surface area contributed by atoms with Gasteiger partial charge in [-0.15, -0.1) is 0 Å². The number of nitrogens with two attached hydrogens (primary N) is 3. The molecular formula is C15H24N8O3. The summed E-state index contributed by atoms with van der Waals surface area (Å²) in [5, 5.41) is 16.2. The van der Waals surface area contributed by atoms with Gasteiger partial charge < -0.3 is 21.6 Å². The highest BCUT2D eigenvalue weighted by molar-refractivity contribution is 5.92. The molecule has 0 fully saturated rings. The maximum Gasteiger partial charge on any atom is 0.292 e. The fourth-order valence-corrected chi connectivity index (χ4v) is 1.66. The van der Waals surface area contributed by atoms with Crippen molar-refractivity contribution < 1.29 is 14.3 Å². The van der Waals surface area contributed by atoms with Gasteiger partial charge in [0.1, 0.15) is 11.5 Å². The van der Waals surface area contributed by atoms with Crippen LogP contribution >= 0.6 is 0 Å². The first-order chi connectivity index (χ1) is 12.5. The monoisotopic (exact) mass is 364 g/mol. The number of methoxy groups -OCH3 is 1.